The maximum atomic E-state index is 11.4. The van der Waals surface area contributed by atoms with Crippen LogP contribution in [-0.4, -0.2) is 23.7 Å². The molecule has 1 aromatic carbocycles. The molecule has 3 N–H and O–H groups in total. The van der Waals surface area contributed by atoms with Crippen molar-refractivity contribution in [1.82, 2.24) is 5.32 Å². The zero-order chi connectivity index (χ0) is 13.5. The number of nitrogens with one attached hydrogen (secondary N) is 2. The Kier molecular flexibility index (Phi) is 5.21. The van der Waals surface area contributed by atoms with Crippen LogP contribution in [0.2, 0.25) is 0 Å². The molecule has 0 saturated heterocycles. The molecule has 5 nitrogen and oxygen atoms in total. The zero-order valence-corrected chi connectivity index (χ0v) is 11.0. The van der Waals surface area contributed by atoms with E-state index in [1.165, 1.54) is 12.1 Å². The normalized spacial score (nSPS) is 9.33. The SMILES string of the molecule is C#CCCNC(=O)Nc1cc(Br)cc(C(=O)O)c1. The van der Waals surface area contributed by atoms with Crippen molar-refractivity contribution in [3.8, 4) is 12.3 Å². The fourth-order valence-corrected chi connectivity index (χ4v) is 1.70. The minimum Gasteiger partial charge on any atom is -0.478 e. The van der Waals surface area contributed by atoms with Gasteiger partial charge in [-0.1, -0.05) is 15.9 Å². The Labute approximate surface area is 113 Å². The minimum absolute atomic E-state index is 0.0864. The van der Waals surface area contributed by atoms with Crippen molar-refractivity contribution >= 4 is 33.6 Å². The van der Waals surface area contributed by atoms with Gasteiger partial charge >= 0.3 is 12.0 Å². The van der Waals surface area contributed by atoms with E-state index < -0.39 is 12.0 Å². The van der Waals surface area contributed by atoms with Crippen LogP contribution in [0.4, 0.5) is 10.5 Å². The van der Waals surface area contributed by atoms with Crippen LogP contribution in [0.1, 0.15) is 16.8 Å². The van der Waals surface area contributed by atoms with Crippen LogP contribution >= 0.6 is 15.9 Å². The van der Waals surface area contributed by atoms with E-state index in [0.717, 1.165) is 0 Å². The highest BCUT2D eigenvalue weighted by molar-refractivity contribution is 9.10. The molecule has 1 aromatic rings. The number of urea groups is 1. The van der Waals surface area contributed by atoms with Gasteiger partial charge in [0.05, 0.1) is 5.56 Å². The van der Waals surface area contributed by atoms with Crippen molar-refractivity contribution in [2.45, 2.75) is 6.42 Å². The predicted octanol–water partition coefficient (Wildman–Crippen LogP) is 2.29. The van der Waals surface area contributed by atoms with Crippen molar-refractivity contribution in [3.63, 3.8) is 0 Å². The zero-order valence-electron chi connectivity index (χ0n) is 9.37. The van der Waals surface area contributed by atoms with E-state index in [4.69, 9.17) is 11.5 Å². The number of carbonyl (C=O) groups is 2. The average molecular weight is 311 g/mol. The summed E-state index contributed by atoms with van der Waals surface area (Å²) in [6, 6.07) is 3.99. The summed E-state index contributed by atoms with van der Waals surface area (Å²) in [5, 5.41) is 13.9. The molecule has 0 heterocycles. The lowest BCUT2D eigenvalue weighted by Gasteiger charge is -2.07. The highest BCUT2D eigenvalue weighted by Gasteiger charge is 2.07. The van der Waals surface area contributed by atoms with Gasteiger partial charge in [0, 0.05) is 23.1 Å². The molecule has 0 fully saturated rings. The van der Waals surface area contributed by atoms with Crippen molar-refractivity contribution in [1.29, 1.82) is 0 Å². The fraction of sp³-hybridized carbons (Fsp3) is 0.167. The van der Waals surface area contributed by atoms with E-state index in [9.17, 15) is 9.59 Å². The molecule has 2 amide bonds. The number of carboxylic acids is 1. The first-order valence-electron chi connectivity index (χ1n) is 5.05. The highest BCUT2D eigenvalue weighted by Crippen LogP contribution is 2.19. The lowest BCUT2D eigenvalue weighted by molar-refractivity contribution is 0.0697. The van der Waals surface area contributed by atoms with Crippen LogP contribution in [0, 0.1) is 12.3 Å². The molecule has 0 saturated carbocycles. The molecule has 94 valence electrons. The molecule has 0 aliphatic heterocycles. The Morgan fingerprint density at radius 2 is 2.11 bits per heavy atom. The van der Waals surface area contributed by atoms with E-state index in [0.29, 0.717) is 23.1 Å². The van der Waals surface area contributed by atoms with Crippen molar-refractivity contribution < 1.29 is 14.7 Å². The number of rotatable bonds is 4. The Morgan fingerprint density at radius 3 is 2.72 bits per heavy atom. The molecule has 0 bridgehead atoms. The third kappa shape index (κ3) is 4.47. The Morgan fingerprint density at radius 1 is 1.39 bits per heavy atom. The van der Waals surface area contributed by atoms with Gasteiger partial charge in [-0.25, -0.2) is 9.59 Å². The number of aromatic carboxylic acids is 1. The predicted molar refractivity (Wildman–Crippen MR) is 71.6 cm³/mol. The molecular formula is C12H11BrN2O3. The maximum Gasteiger partial charge on any atom is 0.335 e. The van der Waals surface area contributed by atoms with Crippen molar-refractivity contribution in [2.75, 3.05) is 11.9 Å². The summed E-state index contributed by atoms with van der Waals surface area (Å²) in [7, 11) is 0. The molecule has 0 spiro atoms. The van der Waals surface area contributed by atoms with E-state index >= 15 is 0 Å². The number of amides is 2. The third-order valence-electron chi connectivity index (χ3n) is 1.96. The monoisotopic (exact) mass is 310 g/mol. The second-order valence-electron chi connectivity index (χ2n) is 3.37. The standard InChI is InChI=1S/C12H11BrN2O3/c1-2-3-4-14-12(18)15-10-6-8(11(16)17)5-9(13)7-10/h1,5-7H,3-4H2,(H,16,17)(H2,14,15,18). The summed E-state index contributed by atoms with van der Waals surface area (Å²) >= 11 is 3.17. The van der Waals surface area contributed by atoms with Gasteiger partial charge in [-0.05, 0) is 18.2 Å². The van der Waals surface area contributed by atoms with Crippen LogP contribution in [-0.2, 0) is 0 Å². The first-order valence-corrected chi connectivity index (χ1v) is 5.84. The third-order valence-corrected chi connectivity index (χ3v) is 2.42. The molecule has 0 aliphatic rings. The van der Waals surface area contributed by atoms with Gasteiger partial charge in [-0.15, -0.1) is 12.3 Å². The first kappa shape index (κ1) is 14.1. The molecule has 0 aromatic heterocycles. The topological polar surface area (TPSA) is 78.4 Å². The van der Waals surface area contributed by atoms with Crippen LogP contribution in [0.25, 0.3) is 0 Å². The Balaban J connectivity index is 2.70. The number of hydrogen-bond acceptors (Lipinski definition) is 2. The molecule has 0 radical (unpaired) electrons. The quantitative estimate of drug-likeness (QED) is 0.590. The Hall–Kier alpha value is -2.00. The number of anilines is 1. The molecule has 0 aliphatic carbocycles. The number of terminal acetylenes is 1. The summed E-state index contributed by atoms with van der Waals surface area (Å²) < 4.78 is 0.571. The van der Waals surface area contributed by atoms with E-state index in [1.54, 1.807) is 6.07 Å². The molecular weight excluding hydrogens is 300 g/mol. The van der Waals surface area contributed by atoms with Crippen LogP contribution in [0.3, 0.4) is 0 Å². The van der Waals surface area contributed by atoms with Gasteiger partial charge in [-0.3, -0.25) is 0 Å². The van der Waals surface area contributed by atoms with Crippen molar-refractivity contribution in [2.24, 2.45) is 0 Å². The van der Waals surface area contributed by atoms with Crippen molar-refractivity contribution in [3.05, 3.63) is 28.2 Å². The number of hydrogen-bond donors (Lipinski definition) is 3. The first-order chi connectivity index (χ1) is 8.52. The summed E-state index contributed by atoms with van der Waals surface area (Å²) in [5.41, 5.74) is 0.475. The molecule has 0 atom stereocenters. The maximum absolute atomic E-state index is 11.4. The number of carbonyl (C=O) groups excluding carboxylic acids is 1. The summed E-state index contributed by atoms with van der Waals surface area (Å²) in [6.45, 7) is 0.363. The highest BCUT2D eigenvalue weighted by atomic mass is 79.9. The molecule has 18 heavy (non-hydrogen) atoms. The second kappa shape index (κ2) is 6.67. The fourth-order valence-electron chi connectivity index (χ4n) is 1.21. The lowest BCUT2D eigenvalue weighted by atomic mass is 10.2. The van der Waals surface area contributed by atoms with E-state index in [1.807, 2.05) is 0 Å². The smallest absolute Gasteiger partial charge is 0.335 e. The summed E-state index contributed by atoms with van der Waals surface area (Å²) in [6.07, 6.45) is 5.48. The Bertz CT molecular complexity index is 509. The van der Waals surface area contributed by atoms with E-state index in [2.05, 4.69) is 32.5 Å². The van der Waals surface area contributed by atoms with Gasteiger partial charge in [0.1, 0.15) is 0 Å². The largest absolute Gasteiger partial charge is 0.478 e. The lowest BCUT2D eigenvalue weighted by Crippen LogP contribution is -2.29. The van der Waals surface area contributed by atoms with E-state index in [-0.39, 0.29) is 5.56 Å². The van der Waals surface area contributed by atoms with Gasteiger partial charge in [0.15, 0.2) is 0 Å². The van der Waals surface area contributed by atoms with Crippen LogP contribution < -0.4 is 10.6 Å². The van der Waals surface area contributed by atoms with Gasteiger partial charge in [0.2, 0.25) is 0 Å². The minimum atomic E-state index is -1.06. The number of carboxylic acid groups (broad SMARTS) is 1. The van der Waals surface area contributed by atoms with Gasteiger partial charge in [-0.2, -0.15) is 0 Å². The number of benzene rings is 1. The average Bonchev–Trinajstić information content (AvgIpc) is 2.28. The summed E-state index contributed by atoms with van der Waals surface area (Å²) in [4.78, 5) is 22.3. The molecule has 0 unspecified atom stereocenters. The van der Waals surface area contributed by atoms with Crippen LogP contribution in [0.15, 0.2) is 22.7 Å². The van der Waals surface area contributed by atoms with Gasteiger partial charge < -0.3 is 15.7 Å². The second-order valence-corrected chi connectivity index (χ2v) is 4.28. The summed E-state index contributed by atoms with van der Waals surface area (Å²) in [5.74, 6) is 1.33. The van der Waals surface area contributed by atoms with Crippen LogP contribution in [0.5, 0.6) is 0 Å². The molecule has 1 rings (SSSR count). The van der Waals surface area contributed by atoms with Gasteiger partial charge in [0.25, 0.3) is 0 Å². The molecule has 6 heteroatoms. The number of halogens is 1.